The van der Waals surface area contributed by atoms with Crippen molar-refractivity contribution >= 4 is 5.69 Å². The van der Waals surface area contributed by atoms with Gasteiger partial charge < -0.3 is 19.6 Å². The Morgan fingerprint density at radius 3 is 2.33 bits per heavy atom. The van der Waals surface area contributed by atoms with Crippen LogP contribution in [0.5, 0.6) is 0 Å². The van der Waals surface area contributed by atoms with Crippen LogP contribution in [-0.2, 0) is 10.3 Å². The van der Waals surface area contributed by atoms with E-state index in [4.69, 9.17) is 4.74 Å². The molecule has 1 spiro atoms. The molecular formula is C28H39N3O2. The van der Waals surface area contributed by atoms with E-state index in [2.05, 4.69) is 72.9 Å². The normalized spacial score (nSPS) is 24.1. The Kier molecular flexibility index (Phi) is 5.79. The zero-order chi connectivity index (χ0) is 23.3. The minimum atomic E-state index is -1.09. The van der Waals surface area contributed by atoms with Crippen LogP contribution in [0.25, 0.3) is 0 Å². The molecule has 1 atom stereocenters. The molecule has 3 aliphatic rings. The number of anilines is 1. The van der Waals surface area contributed by atoms with Gasteiger partial charge in [-0.05, 0) is 54.8 Å². The zero-order valence-electron chi connectivity index (χ0n) is 20.7. The fourth-order valence-electron chi connectivity index (χ4n) is 6.51. The number of rotatable bonds is 5. The smallest absolute Gasteiger partial charge is 0.124 e. The SMILES string of the molecule is CC(C)c1ccc([C@](O)(c2cncc(N3CCC4(CCOCC4)C3)c2)C2(C)CN(C)C2)cc1. The van der Waals surface area contributed by atoms with E-state index in [1.807, 2.05) is 12.4 Å². The Bertz CT molecular complexity index is 977. The molecule has 3 fully saturated rings. The Morgan fingerprint density at radius 2 is 1.70 bits per heavy atom. The van der Waals surface area contributed by atoms with E-state index < -0.39 is 5.60 Å². The third kappa shape index (κ3) is 3.88. The largest absolute Gasteiger partial charge is 0.381 e. The molecule has 2 aromatic rings. The number of aliphatic hydroxyl groups is 1. The van der Waals surface area contributed by atoms with E-state index in [1.165, 1.54) is 12.0 Å². The van der Waals surface area contributed by atoms with Gasteiger partial charge in [-0.25, -0.2) is 0 Å². The van der Waals surface area contributed by atoms with Crippen LogP contribution in [0.4, 0.5) is 5.69 Å². The van der Waals surface area contributed by atoms with Crippen molar-refractivity contribution in [2.45, 2.75) is 51.6 Å². The van der Waals surface area contributed by atoms with E-state index in [-0.39, 0.29) is 5.41 Å². The Morgan fingerprint density at radius 1 is 1.00 bits per heavy atom. The van der Waals surface area contributed by atoms with Gasteiger partial charge in [-0.2, -0.15) is 0 Å². The summed E-state index contributed by atoms with van der Waals surface area (Å²) in [6.45, 7) is 12.2. The summed E-state index contributed by atoms with van der Waals surface area (Å²) < 4.78 is 5.63. The summed E-state index contributed by atoms with van der Waals surface area (Å²) in [7, 11) is 2.12. The Labute approximate surface area is 198 Å². The van der Waals surface area contributed by atoms with Gasteiger partial charge in [-0.3, -0.25) is 4.98 Å². The van der Waals surface area contributed by atoms with Gasteiger partial charge in [0.25, 0.3) is 0 Å². The van der Waals surface area contributed by atoms with Crippen LogP contribution in [0.2, 0.25) is 0 Å². The van der Waals surface area contributed by atoms with Gasteiger partial charge in [-0.15, -0.1) is 0 Å². The molecule has 1 aromatic carbocycles. The van der Waals surface area contributed by atoms with Crippen molar-refractivity contribution in [3.8, 4) is 0 Å². The highest BCUT2D eigenvalue weighted by molar-refractivity contribution is 5.52. The molecule has 0 aliphatic carbocycles. The standard InChI is InChI=1S/C28H39N3O2/c1-21(2)22-5-7-23(8-6-22)28(32,26(3)18-30(4)19-26)24-15-25(17-29-16-24)31-12-9-27(20-31)10-13-33-14-11-27/h5-8,15-17,21,32H,9-14,18-20H2,1-4H3/t28-/m0/s1. The predicted octanol–water partition coefficient (Wildman–Crippen LogP) is 4.40. The lowest BCUT2D eigenvalue weighted by Gasteiger charge is -2.56. The maximum absolute atomic E-state index is 12.5. The summed E-state index contributed by atoms with van der Waals surface area (Å²) in [6.07, 6.45) is 7.35. The van der Waals surface area contributed by atoms with Crippen LogP contribution in [0.15, 0.2) is 42.7 Å². The molecule has 1 aromatic heterocycles. The molecule has 178 valence electrons. The minimum Gasteiger partial charge on any atom is -0.381 e. The molecule has 5 rings (SSSR count). The second kappa shape index (κ2) is 8.37. The van der Waals surface area contributed by atoms with Crippen LogP contribution in [0, 0.1) is 10.8 Å². The monoisotopic (exact) mass is 449 g/mol. The molecule has 5 heteroatoms. The van der Waals surface area contributed by atoms with Gasteiger partial charge >= 0.3 is 0 Å². The van der Waals surface area contributed by atoms with Gasteiger partial charge in [0, 0.05) is 56.6 Å². The van der Waals surface area contributed by atoms with Gasteiger partial charge in [-0.1, -0.05) is 45.0 Å². The van der Waals surface area contributed by atoms with Crippen molar-refractivity contribution in [1.82, 2.24) is 9.88 Å². The highest BCUT2D eigenvalue weighted by Gasteiger charge is 2.55. The second-order valence-electron chi connectivity index (χ2n) is 11.4. The summed E-state index contributed by atoms with van der Waals surface area (Å²) >= 11 is 0. The van der Waals surface area contributed by atoms with Crippen LogP contribution in [0.3, 0.4) is 0 Å². The average Bonchev–Trinajstić information content (AvgIpc) is 3.21. The number of nitrogens with zero attached hydrogens (tertiary/aromatic N) is 3. The summed E-state index contributed by atoms with van der Waals surface area (Å²) in [5.41, 5.74) is 3.30. The molecule has 0 amide bonds. The first-order chi connectivity index (χ1) is 15.7. The number of hydrogen-bond acceptors (Lipinski definition) is 5. The summed E-state index contributed by atoms with van der Waals surface area (Å²) in [6, 6.07) is 10.8. The number of aromatic nitrogens is 1. The molecule has 33 heavy (non-hydrogen) atoms. The molecule has 0 radical (unpaired) electrons. The van der Waals surface area contributed by atoms with E-state index in [9.17, 15) is 5.11 Å². The topological polar surface area (TPSA) is 48.8 Å². The van der Waals surface area contributed by atoms with Crippen molar-refractivity contribution in [2.75, 3.05) is 51.3 Å². The van der Waals surface area contributed by atoms with E-state index in [0.717, 1.165) is 69.0 Å². The maximum Gasteiger partial charge on any atom is 0.124 e. The van der Waals surface area contributed by atoms with Gasteiger partial charge in [0.15, 0.2) is 0 Å². The van der Waals surface area contributed by atoms with Crippen molar-refractivity contribution in [3.63, 3.8) is 0 Å². The van der Waals surface area contributed by atoms with Crippen LogP contribution < -0.4 is 4.90 Å². The molecule has 3 aliphatic heterocycles. The lowest BCUT2D eigenvalue weighted by Crippen LogP contribution is -2.63. The van der Waals surface area contributed by atoms with Gasteiger partial charge in [0.1, 0.15) is 5.60 Å². The van der Waals surface area contributed by atoms with E-state index in [1.54, 1.807) is 0 Å². The number of likely N-dealkylation sites (tertiary alicyclic amines) is 1. The number of hydrogen-bond donors (Lipinski definition) is 1. The molecule has 3 saturated heterocycles. The fourth-order valence-corrected chi connectivity index (χ4v) is 6.51. The second-order valence-corrected chi connectivity index (χ2v) is 11.4. The highest BCUT2D eigenvalue weighted by atomic mass is 16.5. The highest BCUT2D eigenvalue weighted by Crippen LogP contribution is 2.51. The maximum atomic E-state index is 12.5. The lowest BCUT2D eigenvalue weighted by molar-refractivity contribution is -0.127. The van der Waals surface area contributed by atoms with Gasteiger partial charge in [0.05, 0.1) is 11.9 Å². The summed E-state index contributed by atoms with van der Waals surface area (Å²) in [5.74, 6) is 0.468. The number of pyridine rings is 1. The third-order valence-electron chi connectivity index (χ3n) is 8.60. The van der Waals surface area contributed by atoms with E-state index >= 15 is 0 Å². The average molecular weight is 450 g/mol. The molecule has 0 bridgehead atoms. The first kappa shape index (κ1) is 22.8. The molecule has 0 saturated carbocycles. The predicted molar refractivity (Wildman–Crippen MR) is 133 cm³/mol. The van der Waals surface area contributed by atoms with E-state index in [0.29, 0.717) is 11.3 Å². The quantitative estimate of drug-likeness (QED) is 0.733. The van der Waals surface area contributed by atoms with Crippen molar-refractivity contribution in [2.24, 2.45) is 10.8 Å². The lowest BCUT2D eigenvalue weighted by atomic mass is 9.62. The summed E-state index contributed by atoms with van der Waals surface area (Å²) in [4.78, 5) is 9.40. The fraction of sp³-hybridized carbons (Fsp3) is 0.607. The van der Waals surface area contributed by atoms with Crippen molar-refractivity contribution in [1.29, 1.82) is 0 Å². The van der Waals surface area contributed by atoms with Crippen LogP contribution >= 0.6 is 0 Å². The van der Waals surface area contributed by atoms with Crippen molar-refractivity contribution < 1.29 is 9.84 Å². The molecule has 1 N–H and O–H groups in total. The molecule has 5 nitrogen and oxygen atoms in total. The van der Waals surface area contributed by atoms with Crippen LogP contribution in [-0.4, -0.2) is 61.4 Å². The number of benzene rings is 1. The Balaban J connectivity index is 1.50. The van der Waals surface area contributed by atoms with Crippen molar-refractivity contribution in [3.05, 3.63) is 59.4 Å². The minimum absolute atomic E-state index is 0.270. The molecule has 0 unspecified atom stereocenters. The third-order valence-corrected chi connectivity index (χ3v) is 8.60. The molecular weight excluding hydrogens is 410 g/mol. The zero-order valence-corrected chi connectivity index (χ0v) is 20.7. The Hall–Kier alpha value is -1.95. The van der Waals surface area contributed by atoms with Crippen LogP contribution in [0.1, 0.15) is 62.6 Å². The number of ether oxygens (including phenoxy) is 1. The molecule has 4 heterocycles. The first-order valence-corrected chi connectivity index (χ1v) is 12.5. The van der Waals surface area contributed by atoms with Gasteiger partial charge in [0.2, 0.25) is 0 Å². The first-order valence-electron chi connectivity index (χ1n) is 12.5. The summed E-state index contributed by atoms with van der Waals surface area (Å²) in [5, 5.41) is 12.5.